The third-order valence-corrected chi connectivity index (χ3v) is 18.3. The third-order valence-electron chi connectivity index (χ3n) is 18.3. The summed E-state index contributed by atoms with van der Waals surface area (Å²) in [6.07, 6.45) is 2.49. The van der Waals surface area contributed by atoms with Gasteiger partial charge < -0.3 is 98.3 Å². The Kier molecular flexibility index (Phi) is 33.6. The van der Waals surface area contributed by atoms with Crippen LogP contribution < -0.4 is 58.9 Å². The summed E-state index contributed by atoms with van der Waals surface area (Å²) in [6, 6.07) is 12.0. The second-order valence-electron chi connectivity index (χ2n) is 26.3. The SMILES string of the molecule is CCCCC[C@@H]1NC(=O)[C@H](Cc2ccc(CNC(=O)COCCOCCN)cc2)NC(=O)[C@H](Cc2ccccc2)N(C)C(=O)CNC(=O)CNC(=O)[C@H]2CCCN2C(=O)[C@H](CC(=O)O)NC(=O)[C@H](CCCCNC(=O)N2CCN(CC(=O)O)CC2)NC(=O)CNC(=O)[C@H](Cc2c[nH]c3ccccc23)NC1=O. The number of nitrogens with zero attached hydrogens (tertiary/aromatic N) is 4. The highest BCUT2D eigenvalue weighted by molar-refractivity contribution is 5.99. The number of carbonyl (C=O) groups excluding carboxylic acids is 12. The van der Waals surface area contributed by atoms with Crippen molar-refractivity contribution in [2.24, 2.45) is 5.73 Å². The summed E-state index contributed by atoms with van der Waals surface area (Å²) in [5, 5.41) is 46.6. The molecule has 0 bridgehead atoms. The van der Waals surface area contributed by atoms with Gasteiger partial charge in [-0.3, -0.25) is 67.2 Å². The largest absolute Gasteiger partial charge is 0.481 e. The second kappa shape index (κ2) is 43.0. The van der Waals surface area contributed by atoms with Crippen molar-refractivity contribution in [2.45, 2.75) is 139 Å². The summed E-state index contributed by atoms with van der Waals surface area (Å²) in [6.45, 7) is 1.82. The Balaban J connectivity index is 1.19. The van der Waals surface area contributed by atoms with Gasteiger partial charge >= 0.3 is 18.0 Å². The van der Waals surface area contributed by atoms with E-state index in [1.165, 1.54) is 11.9 Å². The monoisotopic (exact) mass is 1480 g/mol. The molecule has 4 heterocycles. The van der Waals surface area contributed by atoms with Crippen LogP contribution in [0, 0.1) is 0 Å². The minimum Gasteiger partial charge on any atom is -0.481 e. The maximum atomic E-state index is 15.2. The summed E-state index contributed by atoms with van der Waals surface area (Å²) < 4.78 is 10.7. The Labute approximate surface area is 613 Å². The molecule has 3 aliphatic heterocycles. The quantitative estimate of drug-likeness (QED) is 0.0275. The molecule has 3 aliphatic rings. The lowest BCUT2D eigenvalue weighted by Crippen LogP contribution is -2.60. The highest BCUT2D eigenvalue weighted by Gasteiger charge is 2.40. The number of piperazine rings is 1. The Morgan fingerprint density at radius 3 is 1.90 bits per heavy atom. The number of aromatic amines is 1. The molecule has 3 aromatic carbocycles. The number of hydrogen-bond acceptors (Lipinski definition) is 18. The van der Waals surface area contributed by atoms with Crippen LogP contribution in [0.5, 0.6) is 0 Å². The standard InChI is InChI=1S/C72H100N16O18/c1-3-4-6-18-53-67(99)82-55(37-49-40-75-51-17-10-9-16-50(49)51)65(97)78-42-60(90)80-52(19-11-12-26-74-72(104)87-30-28-86(29-31-87)44-64(95)96)66(98)84-56(38-63(93)94)71(103)88-27-13-20-57(88)69(101)79-41-59(89)77-43-62(92)85(2)58(36-46-14-7-5-8-15-46)70(102)83-54(68(100)81-53)35-47-21-23-48(24-22-47)39-76-61(91)45-106-34-33-105-32-25-73/h5,7-10,14-17,21-24,40,52-58,75H,3-4,6,11-13,18-20,25-39,41-45,73H2,1-2H3,(H,74,104)(H,76,91)(H,77,89)(H,78,97)(H,79,101)(H,80,90)(H,81,100)(H,82,99)(H,83,102)(H,84,98)(H,93,94)(H,95,96)/t52-,53-,54-,55-,56-,57+,58-/m0/s1. The third kappa shape index (κ3) is 26.8. The van der Waals surface area contributed by atoms with E-state index in [4.69, 9.17) is 15.2 Å². The van der Waals surface area contributed by atoms with E-state index in [-0.39, 0.29) is 123 Å². The summed E-state index contributed by atoms with van der Waals surface area (Å²) in [7, 11) is 1.34. The Morgan fingerprint density at radius 2 is 1.19 bits per heavy atom. The average Bonchev–Trinajstić information content (AvgIpc) is 1.71. The molecule has 0 radical (unpaired) electrons. The van der Waals surface area contributed by atoms with Gasteiger partial charge in [-0.15, -0.1) is 0 Å². The second-order valence-corrected chi connectivity index (χ2v) is 26.3. The lowest BCUT2D eigenvalue weighted by molar-refractivity contribution is -0.146. The van der Waals surface area contributed by atoms with Gasteiger partial charge in [0.2, 0.25) is 65.0 Å². The van der Waals surface area contributed by atoms with E-state index < -0.39 is 145 Å². The molecule has 34 heteroatoms. The zero-order chi connectivity index (χ0) is 76.5. The fourth-order valence-corrected chi connectivity index (χ4v) is 12.5. The maximum Gasteiger partial charge on any atom is 0.317 e. The molecule has 4 aromatic rings. The Morgan fingerprint density at radius 1 is 0.575 bits per heavy atom. The van der Waals surface area contributed by atoms with Gasteiger partial charge in [-0.1, -0.05) is 99.0 Å². The molecule has 7 atom stereocenters. The van der Waals surface area contributed by atoms with Crippen LogP contribution in [0.1, 0.15) is 93.4 Å². The number of urea groups is 1. The van der Waals surface area contributed by atoms with Crippen LogP contribution in [0.2, 0.25) is 0 Å². The van der Waals surface area contributed by atoms with E-state index in [2.05, 4.69) is 58.2 Å². The number of benzene rings is 3. The van der Waals surface area contributed by atoms with E-state index in [1.807, 2.05) is 6.92 Å². The number of ether oxygens (including phenoxy) is 2. The first-order valence-electron chi connectivity index (χ1n) is 35.9. The number of likely N-dealkylation sites (N-methyl/N-ethyl adjacent to an activating group) is 1. The topological polar surface area (TPSA) is 473 Å². The molecule has 0 unspecified atom stereocenters. The van der Waals surface area contributed by atoms with Gasteiger partial charge in [0.15, 0.2) is 0 Å². The van der Waals surface area contributed by atoms with Gasteiger partial charge in [0.25, 0.3) is 0 Å². The van der Waals surface area contributed by atoms with E-state index in [9.17, 15) is 63.0 Å². The van der Waals surface area contributed by atoms with Crippen LogP contribution >= 0.6 is 0 Å². The van der Waals surface area contributed by atoms with Crippen molar-refractivity contribution in [1.29, 1.82) is 0 Å². The molecule has 13 amide bonds. The molecule has 15 N–H and O–H groups in total. The van der Waals surface area contributed by atoms with E-state index in [1.54, 1.807) is 90.0 Å². The summed E-state index contributed by atoms with van der Waals surface area (Å²) in [5.74, 6) is -11.6. The van der Waals surface area contributed by atoms with Crippen LogP contribution in [0.4, 0.5) is 4.79 Å². The summed E-state index contributed by atoms with van der Waals surface area (Å²) in [5.41, 5.74) is 8.52. The minimum atomic E-state index is -1.81. The molecule has 1 aromatic heterocycles. The number of nitrogens with one attached hydrogen (secondary N) is 11. The van der Waals surface area contributed by atoms with Gasteiger partial charge in [-0.25, -0.2) is 4.79 Å². The first-order chi connectivity index (χ1) is 51.0. The number of fused-ring (bicyclic) bond motifs is 2. The minimum absolute atomic E-state index is 0.0353. The Hall–Kier alpha value is -10.6. The maximum absolute atomic E-state index is 15.2. The molecule has 3 fully saturated rings. The number of aliphatic carboxylic acids is 2. The predicted octanol–water partition coefficient (Wildman–Crippen LogP) is -1.95. The number of carbonyl (C=O) groups is 14. The molecule has 0 saturated carbocycles. The van der Waals surface area contributed by atoms with Crippen molar-refractivity contribution in [3.05, 3.63) is 107 Å². The highest BCUT2D eigenvalue weighted by atomic mass is 16.5. The normalized spacial score (nSPS) is 21.3. The zero-order valence-corrected chi connectivity index (χ0v) is 59.9. The molecule has 576 valence electrons. The summed E-state index contributed by atoms with van der Waals surface area (Å²) in [4.78, 5) is 203. The average molecular weight is 1480 g/mol. The fourth-order valence-electron chi connectivity index (χ4n) is 12.5. The van der Waals surface area contributed by atoms with Gasteiger partial charge in [0.1, 0.15) is 48.9 Å². The fraction of sp³-hybridized carbons (Fsp3) is 0.528. The number of aromatic nitrogens is 1. The molecule has 0 aliphatic carbocycles. The van der Waals surface area contributed by atoms with Crippen LogP contribution in [0.25, 0.3) is 10.9 Å². The van der Waals surface area contributed by atoms with Gasteiger partial charge in [-0.05, 0) is 66.8 Å². The number of unbranched alkanes of at least 4 members (excludes halogenated alkanes) is 3. The smallest absolute Gasteiger partial charge is 0.317 e. The van der Waals surface area contributed by atoms with Gasteiger partial charge in [-0.2, -0.15) is 0 Å². The number of nitrogens with two attached hydrogens (primary N) is 1. The Bertz CT molecular complexity index is 3670. The lowest BCUT2D eigenvalue weighted by Gasteiger charge is -2.33. The molecular weight excluding hydrogens is 1380 g/mol. The van der Waals surface area contributed by atoms with Crippen LogP contribution in [-0.4, -0.2) is 266 Å². The first-order valence-corrected chi connectivity index (χ1v) is 35.9. The van der Waals surface area contributed by atoms with Crippen molar-refractivity contribution >= 4 is 93.9 Å². The number of carboxylic acids is 2. The number of H-pyrrole nitrogens is 1. The zero-order valence-electron chi connectivity index (χ0n) is 59.9. The van der Waals surface area contributed by atoms with Crippen molar-refractivity contribution in [3.63, 3.8) is 0 Å². The van der Waals surface area contributed by atoms with E-state index in [0.717, 1.165) is 9.80 Å². The molecule has 7 rings (SSSR count). The molecule has 3 saturated heterocycles. The van der Waals surface area contributed by atoms with Crippen molar-refractivity contribution in [3.8, 4) is 0 Å². The summed E-state index contributed by atoms with van der Waals surface area (Å²) >= 11 is 0. The lowest BCUT2D eigenvalue weighted by atomic mass is 10.00. The number of carboxylic acid groups (broad SMARTS) is 2. The van der Waals surface area contributed by atoms with Crippen molar-refractivity contribution in [1.82, 2.24) is 77.8 Å². The van der Waals surface area contributed by atoms with E-state index >= 15 is 14.4 Å². The molecule has 106 heavy (non-hydrogen) atoms. The van der Waals surface area contributed by atoms with Crippen LogP contribution in [0.15, 0.2) is 85.1 Å². The predicted molar refractivity (Wildman–Crippen MR) is 384 cm³/mol. The van der Waals surface area contributed by atoms with Crippen molar-refractivity contribution in [2.75, 3.05) is 105 Å². The van der Waals surface area contributed by atoms with Crippen LogP contribution in [-0.2, 0) is 97.6 Å². The first kappa shape index (κ1) is 82.7. The molecule has 34 nitrogen and oxygen atoms in total. The van der Waals surface area contributed by atoms with Gasteiger partial charge in [0.05, 0.1) is 52.4 Å². The molecular formula is C72H100N16O18. The van der Waals surface area contributed by atoms with E-state index in [0.29, 0.717) is 78.7 Å². The number of hydrogen-bond donors (Lipinski definition) is 14. The molecule has 0 spiro atoms. The number of amides is 13. The van der Waals surface area contributed by atoms with Crippen molar-refractivity contribution < 1.29 is 86.8 Å². The number of para-hydroxylation sites is 1. The number of rotatable bonds is 28. The van der Waals surface area contributed by atoms with Crippen LogP contribution in [0.3, 0.4) is 0 Å². The van der Waals surface area contributed by atoms with Gasteiger partial charge in [0, 0.05) is 95.8 Å². The highest BCUT2D eigenvalue weighted by Crippen LogP contribution is 2.22.